The molecule has 2 aromatic rings. The lowest BCUT2D eigenvalue weighted by molar-refractivity contribution is -0.125. The predicted octanol–water partition coefficient (Wildman–Crippen LogP) is 4.70. The number of carbonyl (C=O) groups excluding carboxylic acids is 2. The van der Waals surface area contributed by atoms with Crippen LogP contribution in [-0.4, -0.2) is 18.1 Å². The normalized spacial score (nSPS) is 14.9. The summed E-state index contributed by atoms with van der Waals surface area (Å²) in [5.41, 5.74) is 3.89. The van der Waals surface area contributed by atoms with Crippen molar-refractivity contribution in [1.29, 1.82) is 0 Å². The summed E-state index contributed by atoms with van der Waals surface area (Å²) in [7, 11) is 0. The zero-order chi connectivity index (χ0) is 19.1. The van der Waals surface area contributed by atoms with Gasteiger partial charge in [0.2, 0.25) is 5.91 Å². The van der Waals surface area contributed by atoms with Gasteiger partial charge in [0.15, 0.2) is 0 Å². The number of benzene rings is 2. The van der Waals surface area contributed by atoms with E-state index in [1.54, 1.807) is 48.7 Å². The summed E-state index contributed by atoms with van der Waals surface area (Å²) in [4.78, 5) is 24.2. The van der Waals surface area contributed by atoms with Crippen LogP contribution in [0.5, 0.6) is 5.75 Å². The van der Waals surface area contributed by atoms with Gasteiger partial charge in [-0.15, -0.1) is 0 Å². The fraction of sp³-hybridized carbons (Fsp3) is 0.286. The number of halogens is 1. The minimum absolute atomic E-state index is 0.00932. The van der Waals surface area contributed by atoms with E-state index in [-0.39, 0.29) is 11.8 Å². The first-order valence-electron chi connectivity index (χ1n) is 9.03. The van der Waals surface area contributed by atoms with Crippen LogP contribution < -0.4 is 10.2 Å². The van der Waals surface area contributed by atoms with Gasteiger partial charge in [0.1, 0.15) is 5.75 Å². The molecule has 1 aliphatic rings. The lowest BCUT2D eigenvalue weighted by Crippen LogP contribution is -2.28. The molecule has 1 fully saturated rings. The quantitative estimate of drug-likeness (QED) is 0.324. The molecule has 0 heterocycles. The van der Waals surface area contributed by atoms with Gasteiger partial charge in [-0.3, -0.25) is 4.79 Å². The summed E-state index contributed by atoms with van der Waals surface area (Å²) >= 11 is 3.34. The van der Waals surface area contributed by atoms with Crippen LogP contribution in [0.1, 0.15) is 48.0 Å². The number of ether oxygens (including phenoxy) is 1. The van der Waals surface area contributed by atoms with Crippen LogP contribution in [0.3, 0.4) is 0 Å². The van der Waals surface area contributed by atoms with Crippen LogP contribution in [-0.2, 0) is 4.79 Å². The highest BCUT2D eigenvalue weighted by Gasteiger charge is 2.20. The van der Waals surface area contributed by atoms with Crippen molar-refractivity contribution in [2.45, 2.75) is 32.1 Å². The number of nitrogens with one attached hydrogen (secondary N) is 1. The van der Waals surface area contributed by atoms with Crippen LogP contribution in [0.25, 0.3) is 0 Å². The number of nitrogens with zero attached hydrogens (tertiary/aromatic N) is 1. The van der Waals surface area contributed by atoms with E-state index in [1.807, 2.05) is 6.07 Å². The van der Waals surface area contributed by atoms with Gasteiger partial charge in [-0.05, 0) is 70.7 Å². The molecule has 0 spiro atoms. The molecule has 0 bridgehead atoms. The minimum atomic E-state index is -0.427. The third kappa shape index (κ3) is 5.50. The van der Waals surface area contributed by atoms with E-state index in [4.69, 9.17) is 4.74 Å². The Hall–Kier alpha value is -2.47. The molecule has 0 aromatic heterocycles. The Kier molecular flexibility index (Phi) is 6.76. The standard InChI is InChI=1S/C21H21BrN2O3/c22-19-9-5-4-8-18(19)21(26)27-17-12-10-15(11-13-17)14-23-24-20(25)16-6-2-1-3-7-16/h4-5,8-14,16H,1-3,6-7H2,(H,24,25). The van der Waals surface area contributed by atoms with Gasteiger partial charge in [-0.25, -0.2) is 10.2 Å². The Morgan fingerprint density at radius 1 is 1.04 bits per heavy atom. The van der Waals surface area contributed by atoms with Crippen LogP contribution in [0.2, 0.25) is 0 Å². The molecule has 1 aliphatic carbocycles. The molecule has 0 aliphatic heterocycles. The highest BCUT2D eigenvalue weighted by molar-refractivity contribution is 9.10. The number of hydrogen-bond donors (Lipinski definition) is 1. The second kappa shape index (κ2) is 9.46. The first-order valence-corrected chi connectivity index (χ1v) is 9.82. The molecule has 27 heavy (non-hydrogen) atoms. The molecule has 1 saturated carbocycles. The van der Waals surface area contributed by atoms with Crippen molar-refractivity contribution in [2.75, 3.05) is 0 Å². The zero-order valence-corrected chi connectivity index (χ0v) is 16.4. The predicted molar refractivity (Wildman–Crippen MR) is 108 cm³/mol. The number of hydrogen-bond acceptors (Lipinski definition) is 4. The largest absolute Gasteiger partial charge is 0.423 e. The molecule has 140 valence electrons. The third-order valence-corrected chi connectivity index (χ3v) is 5.24. The third-order valence-electron chi connectivity index (χ3n) is 4.55. The second-order valence-corrected chi connectivity index (χ2v) is 7.36. The Bertz CT molecular complexity index is 828. The molecule has 5 nitrogen and oxygen atoms in total. The molecular formula is C21H21BrN2O3. The summed E-state index contributed by atoms with van der Waals surface area (Å²) in [6.07, 6.45) is 6.91. The van der Waals surface area contributed by atoms with Crippen LogP contribution in [0, 0.1) is 5.92 Å². The average Bonchev–Trinajstić information content (AvgIpc) is 2.70. The van der Waals surface area contributed by atoms with E-state index in [2.05, 4.69) is 26.5 Å². The summed E-state index contributed by atoms with van der Waals surface area (Å²) < 4.78 is 6.06. The van der Waals surface area contributed by atoms with E-state index >= 15 is 0 Å². The average molecular weight is 429 g/mol. The van der Waals surface area contributed by atoms with E-state index in [9.17, 15) is 9.59 Å². The number of amides is 1. The molecule has 3 rings (SSSR count). The van der Waals surface area contributed by atoms with Crippen molar-refractivity contribution in [3.05, 3.63) is 64.1 Å². The Balaban J connectivity index is 1.53. The van der Waals surface area contributed by atoms with Crippen molar-refractivity contribution in [3.8, 4) is 5.75 Å². The van der Waals surface area contributed by atoms with Gasteiger partial charge in [0.05, 0.1) is 11.8 Å². The van der Waals surface area contributed by atoms with Crippen molar-refractivity contribution in [2.24, 2.45) is 11.0 Å². The lowest BCUT2D eigenvalue weighted by atomic mass is 9.89. The first kappa shape index (κ1) is 19.3. The molecule has 0 atom stereocenters. The van der Waals surface area contributed by atoms with E-state index in [0.29, 0.717) is 15.8 Å². The van der Waals surface area contributed by atoms with Crippen LogP contribution >= 0.6 is 15.9 Å². The monoisotopic (exact) mass is 428 g/mol. The highest BCUT2D eigenvalue weighted by atomic mass is 79.9. The topological polar surface area (TPSA) is 67.8 Å². The highest BCUT2D eigenvalue weighted by Crippen LogP contribution is 2.23. The fourth-order valence-electron chi connectivity index (χ4n) is 3.04. The summed E-state index contributed by atoms with van der Waals surface area (Å²) in [6.45, 7) is 0. The van der Waals surface area contributed by atoms with Crippen LogP contribution in [0.15, 0.2) is 58.1 Å². The van der Waals surface area contributed by atoms with Gasteiger partial charge in [-0.2, -0.15) is 5.10 Å². The van der Waals surface area contributed by atoms with Gasteiger partial charge in [0, 0.05) is 10.4 Å². The molecule has 1 N–H and O–H groups in total. The maximum atomic E-state index is 12.2. The summed E-state index contributed by atoms with van der Waals surface area (Å²) in [5, 5.41) is 4.03. The lowest BCUT2D eigenvalue weighted by Gasteiger charge is -2.19. The molecule has 0 unspecified atom stereocenters. The maximum absolute atomic E-state index is 12.2. The molecule has 0 saturated heterocycles. The Labute approximate surface area is 166 Å². The van der Waals surface area contributed by atoms with Gasteiger partial charge in [0.25, 0.3) is 0 Å². The number of rotatable bonds is 5. The summed E-state index contributed by atoms with van der Waals surface area (Å²) in [6, 6.07) is 14.0. The molecule has 6 heteroatoms. The maximum Gasteiger partial charge on any atom is 0.344 e. The van der Waals surface area contributed by atoms with Crippen molar-refractivity contribution >= 4 is 34.0 Å². The number of carbonyl (C=O) groups is 2. The molecule has 1 amide bonds. The number of esters is 1. The first-order chi connectivity index (χ1) is 13.1. The van der Waals surface area contributed by atoms with E-state index < -0.39 is 5.97 Å². The molecule has 2 aromatic carbocycles. The van der Waals surface area contributed by atoms with Gasteiger partial charge in [-0.1, -0.05) is 31.4 Å². The minimum Gasteiger partial charge on any atom is -0.423 e. The van der Waals surface area contributed by atoms with E-state index in [0.717, 1.165) is 31.2 Å². The molecule has 0 radical (unpaired) electrons. The fourth-order valence-corrected chi connectivity index (χ4v) is 3.48. The smallest absolute Gasteiger partial charge is 0.344 e. The van der Waals surface area contributed by atoms with Crippen molar-refractivity contribution < 1.29 is 14.3 Å². The zero-order valence-electron chi connectivity index (χ0n) is 14.9. The van der Waals surface area contributed by atoms with Gasteiger partial charge >= 0.3 is 5.97 Å². The Morgan fingerprint density at radius 2 is 1.74 bits per heavy atom. The van der Waals surface area contributed by atoms with Gasteiger partial charge < -0.3 is 4.74 Å². The Morgan fingerprint density at radius 3 is 2.44 bits per heavy atom. The van der Waals surface area contributed by atoms with Crippen LogP contribution in [0.4, 0.5) is 0 Å². The molecular weight excluding hydrogens is 408 g/mol. The van der Waals surface area contributed by atoms with Crippen molar-refractivity contribution in [3.63, 3.8) is 0 Å². The number of hydrazone groups is 1. The van der Waals surface area contributed by atoms with E-state index in [1.165, 1.54) is 6.42 Å². The SMILES string of the molecule is O=C(Oc1ccc(C=NNC(=O)C2CCCCC2)cc1)c1ccccc1Br. The van der Waals surface area contributed by atoms with Crippen molar-refractivity contribution in [1.82, 2.24) is 5.43 Å². The summed E-state index contributed by atoms with van der Waals surface area (Å²) in [5.74, 6) is 0.0859. The second-order valence-electron chi connectivity index (χ2n) is 6.51.